The minimum atomic E-state index is -0.325. The van der Waals surface area contributed by atoms with Crippen LogP contribution in [0, 0.1) is 5.82 Å². The van der Waals surface area contributed by atoms with E-state index in [1.807, 2.05) is 6.07 Å². The topological polar surface area (TPSA) is 46.9 Å². The van der Waals surface area contributed by atoms with Gasteiger partial charge in [0.15, 0.2) is 5.82 Å². The number of rotatable bonds is 4. The molecule has 2 aromatic carbocycles. The summed E-state index contributed by atoms with van der Waals surface area (Å²) < 4.78 is 16.0. The molecule has 0 unspecified atom stereocenters. The van der Waals surface area contributed by atoms with Gasteiger partial charge in [-0.15, -0.1) is 0 Å². The third-order valence-corrected chi connectivity index (χ3v) is 4.10. The van der Waals surface area contributed by atoms with Crippen LogP contribution in [-0.4, -0.2) is 15.7 Å². The van der Waals surface area contributed by atoms with Crippen molar-refractivity contribution in [2.75, 3.05) is 5.32 Å². The second kappa shape index (κ2) is 7.15. The lowest BCUT2D eigenvalue weighted by atomic mass is 10.2. The first-order chi connectivity index (χ1) is 11.5. The number of anilines is 1. The highest BCUT2D eigenvalue weighted by molar-refractivity contribution is 9.10. The third kappa shape index (κ3) is 3.83. The molecule has 0 fully saturated rings. The van der Waals surface area contributed by atoms with Crippen molar-refractivity contribution in [2.24, 2.45) is 0 Å². The van der Waals surface area contributed by atoms with Crippen LogP contribution in [0.15, 0.2) is 59.2 Å². The second-order valence-corrected chi connectivity index (χ2v) is 6.40. The lowest BCUT2D eigenvalue weighted by Crippen LogP contribution is -2.13. The molecule has 0 radical (unpaired) electrons. The largest absolute Gasteiger partial charge is 0.304 e. The Balaban J connectivity index is 1.77. The Kier molecular flexibility index (Phi) is 4.97. The zero-order valence-corrected chi connectivity index (χ0v) is 14.7. The minimum absolute atomic E-state index is 0.221. The monoisotopic (exact) mass is 407 g/mol. The summed E-state index contributed by atoms with van der Waals surface area (Å²) in [6.07, 6.45) is 1.55. The zero-order chi connectivity index (χ0) is 17.1. The molecule has 122 valence electrons. The Bertz CT molecular complexity index is 897. The fraction of sp³-hybridized carbons (Fsp3) is 0.0588. The Morgan fingerprint density at radius 2 is 2.04 bits per heavy atom. The molecule has 0 atom stereocenters. The van der Waals surface area contributed by atoms with Gasteiger partial charge in [0.05, 0.1) is 6.54 Å². The molecule has 0 saturated heterocycles. The molecule has 3 aromatic rings. The summed E-state index contributed by atoms with van der Waals surface area (Å²) in [5, 5.41) is 7.15. The van der Waals surface area contributed by atoms with Crippen molar-refractivity contribution in [2.45, 2.75) is 6.54 Å². The van der Waals surface area contributed by atoms with Crippen molar-refractivity contribution in [3.8, 4) is 0 Å². The summed E-state index contributed by atoms with van der Waals surface area (Å²) >= 11 is 9.43. The van der Waals surface area contributed by atoms with Gasteiger partial charge < -0.3 is 5.32 Å². The highest BCUT2D eigenvalue weighted by Gasteiger charge is 2.13. The summed E-state index contributed by atoms with van der Waals surface area (Å²) in [5.41, 5.74) is 0.964. The van der Waals surface area contributed by atoms with E-state index in [1.165, 1.54) is 10.7 Å². The Morgan fingerprint density at radius 1 is 1.25 bits per heavy atom. The van der Waals surface area contributed by atoms with Gasteiger partial charge in [0, 0.05) is 21.8 Å². The fourth-order valence-electron chi connectivity index (χ4n) is 2.17. The predicted molar refractivity (Wildman–Crippen MR) is 94.8 cm³/mol. The molecule has 0 aliphatic heterocycles. The van der Waals surface area contributed by atoms with Crippen LogP contribution >= 0.6 is 27.5 Å². The molecule has 1 aromatic heterocycles. The molecule has 3 rings (SSSR count). The number of benzene rings is 2. The smallest absolute Gasteiger partial charge is 0.256 e. The first-order valence-electron chi connectivity index (χ1n) is 7.06. The molecular formula is C17H12BrClFN3O. The molecule has 7 heteroatoms. The van der Waals surface area contributed by atoms with E-state index in [4.69, 9.17) is 11.6 Å². The fourth-order valence-corrected chi connectivity index (χ4v) is 2.77. The van der Waals surface area contributed by atoms with E-state index >= 15 is 0 Å². The molecule has 0 saturated carbocycles. The van der Waals surface area contributed by atoms with Crippen LogP contribution in [-0.2, 0) is 6.54 Å². The molecule has 4 nitrogen and oxygen atoms in total. The molecule has 0 bridgehead atoms. The van der Waals surface area contributed by atoms with Gasteiger partial charge in [0.25, 0.3) is 5.91 Å². The van der Waals surface area contributed by atoms with Gasteiger partial charge in [0.2, 0.25) is 0 Å². The van der Waals surface area contributed by atoms with Crippen molar-refractivity contribution in [3.05, 3.63) is 81.2 Å². The third-order valence-electron chi connectivity index (χ3n) is 3.33. The zero-order valence-electron chi connectivity index (χ0n) is 12.3. The van der Waals surface area contributed by atoms with E-state index in [9.17, 15) is 9.18 Å². The first-order valence-corrected chi connectivity index (χ1v) is 8.23. The van der Waals surface area contributed by atoms with Crippen molar-refractivity contribution >= 4 is 39.3 Å². The summed E-state index contributed by atoms with van der Waals surface area (Å²) in [5.74, 6) is -0.406. The highest BCUT2D eigenvalue weighted by Crippen LogP contribution is 2.22. The van der Waals surface area contributed by atoms with Gasteiger partial charge in [-0.05, 0) is 24.3 Å². The average molecular weight is 409 g/mol. The summed E-state index contributed by atoms with van der Waals surface area (Å²) in [4.78, 5) is 12.2. The number of carbonyl (C=O) groups is 1. The van der Waals surface area contributed by atoms with Crippen molar-refractivity contribution in [1.29, 1.82) is 0 Å². The summed E-state index contributed by atoms with van der Waals surface area (Å²) in [6.45, 7) is 0.221. The maximum atomic E-state index is 13.7. The average Bonchev–Trinajstić information content (AvgIpc) is 2.89. The molecule has 1 N–H and O–H groups in total. The Morgan fingerprint density at radius 3 is 2.79 bits per heavy atom. The Hall–Kier alpha value is -2.18. The van der Waals surface area contributed by atoms with Gasteiger partial charge in [-0.1, -0.05) is 51.8 Å². The van der Waals surface area contributed by atoms with Crippen LogP contribution in [0.5, 0.6) is 0 Å². The van der Waals surface area contributed by atoms with E-state index in [-0.39, 0.29) is 29.1 Å². The first kappa shape index (κ1) is 16.7. The number of nitrogens with zero attached hydrogens (tertiary/aromatic N) is 2. The summed E-state index contributed by atoms with van der Waals surface area (Å²) in [7, 11) is 0. The summed E-state index contributed by atoms with van der Waals surface area (Å²) in [6, 6.07) is 13.4. The lowest BCUT2D eigenvalue weighted by Gasteiger charge is -2.04. The maximum absolute atomic E-state index is 13.7. The van der Waals surface area contributed by atoms with E-state index in [0.717, 1.165) is 4.47 Å². The SMILES string of the molecule is O=C(Nc1nn(Cc2ccccc2F)cc1Cl)c1cccc(Br)c1. The second-order valence-electron chi connectivity index (χ2n) is 5.08. The van der Waals surface area contributed by atoms with Crippen LogP contribution in [0.2, 0.25) is 5.02 Å². The van der Waals surface area contributed by atoms with E-state index in [2.05, 4.69) is 26.3 Å². The van der Waals surface area contributed by atoms with Crippen LogP contribution in [0.25, 0.3) is 0 Å². The van der Waals surface area contributed by atoms with E-state index in [1.54, 1.807) is 42.6 Å². The Labute approximate surface area is 151 Å². The molecule has 0 aliphatic carbocycles. The number of aromatic nitrogens is 2. The molecular weight excluding hydrogens is 397 g/mol. The number of carbonyl (C=O) groups excluding carboxylic acids is 1. The molecule has 1 amide bonds. The lowest BCUT2D eigenvalue weighted by molar-refractivity contribution is 0.102. The minimum Gasteiger partial charge on any atom is -0.304 e. The number of nitrogens with one attached hydrogen (secondary N) is 1. The molecule has 0 aliphatic rings. The van der Waals surface area contributed by atoms with Crippen molar-refractivity contribution < 1.29 is 9.18 Å². The van der Waals surface area contributed by atoms with Crippen LogP contribution < -0.4 is 5.32 Å². The van der Waals surface area contributed by atoms with Gasteiger partial charge in [-0.2, -0.15) is 5.10 Å². The number of amides is 1. The predicted octanol–water partition coefficient (Wildman–Crippen LogP) is 4.74. The number of halogens is 3. The van der Waals surface area contributed by atoms with E-state index < -0.39 is 0 Å². The quantitative estimate of drug-likeness (QED) is 0.678. The molecule has 0 spiro atoms. The highest BCUT2D eigenvalue weighted by atomic mass is 79.9. The van der Waals surface area contributed by atoms with E-state index in [0.29, 0.717) is 11.1 Å². The van der Waals surface area contributed by atoms with Gasteiger partial charge in [0.1, 0.15) is 10.8 Å². The van der Waals surface area contributed by atoms with Crippen LogP contribution in [0.1, 0.15) is 15.9 Å². The number of hydrogen-bond donors (Lipinski definition) is 1. The number of hydrogen-bond acceptors (Lipinski definition) is 2. The van der Waals surface area contributed by atoms with Crippen molar-refractivity contribution in [1.82, 2.24) is 9.78 Å². The van der Waals surface area contributed by atoms with Crippen molar-refractivity contribution in [3.63, 3.8) is 0 Å². The van der Waals surface area contributed by atoms with Gasteiger partial charge >= 0.3 is 0 Å². The standard InChI is InChI=1S/C17H12BrClFN3O/c18-13-6-3-5-11(8-13)17(24)21-16-14(19)10-23(22-16)9-12-4-1-2-7-15(12)20/h1-8,10H,9H2,(H,21,22,24). The van der Waals surface area contributed by atoms with Crippen LogP contribution in [0.3, 0.4) is 0 Å². The normalized spacial score (nSPS) is 10.6. The van der Waals surface area contributed by atoms with Crippen LogP contribution in [0.4, 0.5) is 10.2 Å². The van der Waals surface area contributed by atoms with Gasteiger partial charge in [-0.3, -0.25) is 9.48 Å². The van der Waals surface area contributed by atoms with Gasteiger partial charge in [-0.25, -0.2) is 4.39 Å². The molecule has 1 heterocycles. The maximum Gasteiger partial charge on any atom is 0.256 e. The molecule has 24 heavy (non-hydrogen) atoms.